The van der Waals surface area contributed by atoms with Crippen molar-refractivity contribution in [2.75, 3.05) is 13.2 Å². The van der Waals surface area contributed by atoms with Crippen LogP contribution in [0.4, 0.5) is 0 Å². The molecule has 31 heavy (non-hydrogen) atoms. The molecule has 0 aromatic heterocycles. The number of benzene rings is 3. The van der Waals surface area contributed by atoms with Gasteiger partial charge in [-0.3, -0.25) is 9.69 Å². The quantitative estimate of drug-likeness (QED) is 0.416. The van der Waals surface area contributed by atoms with E-state index >= 15 is 0 Å². The highest BCUT2D eigenvalue weighted by atomic mass is 32.2. The lowest BCUT2D eigenvalue weighted by Gasteiger charge is -2.15. The zero-order valence-electron chi connectivity index (χ0n) is 17.7. The molecule has 1 heterocycles. The lowest BCUT2D eigenvalue weighted by molar-refractivity contribution is -0.125. The monoisotopic (exact) mass is 451 g/mol. The first-order chi connectivity index (χ1) is 15.1. The summed E-state index contributed by atoms with van der Waals surface area (Å²) in [4.78, 5) is 14.2. The predicted octanol–water partition coefficient (Wildman–Crippen LogP) is 5.61. The largest absolute Gasteiger partial charge is 0.490 e. The van der Waals surface area contributed by atoms with Crippen molar-refractivity contribution in [3.8, 4) is 11.5 Å². The van der Waals surface area contributed by atoms with Crippen LogP contribution < -0.4 is 9.47 Å². The Balaban J connectivity index is 1.48. The van der Waals surface area contributed by atoms with E-state index in [2.05, 4.69) is 30.3 Å². The number of amides is 1. The highest BCUT2D eigenvalue weighted by molar-refractivity contribution is 8.24. The molecule has 1 atom stereocenters. The summed E-state index contributed by atoms with van der Waals surface area (Å²) in [5.41, 5.74) is 2.14. The maximum Gasteiger partial charge on any atom is 0.241 e. The Morgan fingerprint density at radius 2 is 1.71 bits per heavy atom. The summed E-state index contributed by atoms with van der Waals surface area (Å²) >= 11 is 6.80. The third-order valence-electron chi connectivity index (χ3n) is 5.26. The van der Waals surface area contributed by atoms with Gasteiger partial charge in [-0.15, -0.1) is 0 Å². The lowest BCUT2D eigenvalue weighted by atomic mass is 10.1. The van der Waals surface area contributed by atoms with Gasteiger partial charge in [0.2, 0.25) is 5.91 Å². The van der Waals surface area contributed by atoms with E-state index in [1.165, 1.54) is 22.5 Å². The Morgan fingerprint density at radius 3 is 2.45 bits per heavy atom. The SMILES string of the molecule is CCOc1cc(C[C@@H]2SC(=S)N(CC)C2=O)ccc1OCc1ccc2ccccc2c1. The molecular weight excluding hydrogens is 426 g/mol. The van der Waals surface area contributed by atoms with Crippen molar-refractivity contribution < 1.29 is 14.3 Å². The van der Waals surface area contributed by atoms with Gasteiger partial charge in [-0.1, -0.05) is 66.4 Å². The van der Waals surface area contributed by atoms with Gasteiger partial charge in [0.1, 0.15) is 10.9 Å². The maximum atomic E-state index is 12.5. The Kier molecular flexibility index (Phi) is 6.78. The predicted molar refractivity (Wildman–Crippen MR) is 131 cm³/mol. The normalized spacial score (nSPS) is 16.2. The second kappa shape index (κ2) is 9.71. The van der Waals surface area contributed by atoms with Crippen LogP contribution in [0.2, 0.25) is 0 Å². The zero-order valence-corrected chi connectivity index (χ0v) is 19.3. The van der Waals surface area contributed by atoms with Crippen molar-refractivity contribution in [3.05, 3.63) is 71.8 Å². The third kappa shape index (κ3) is 4.86. The van der Waals surface area contributed by atoms with Gasteiger partial charge in [-0.05, 0) is 60.4 Å². The number of fused-ring (bicyclic) bond motifs is 1. The van der Waals surface area contributed by atoms with Crippen molar-refractivity contribution >= 4 is 45.0 Å². The van der Waals surface area contributed by atoms with E-state index in [0.717, 1.165) is 11.1 Å². The summed E-state index contributed by atoms with van der Waals surface area (Å²) in [5.74, 6) is 1.49. The number of thioether (sulfide) groups is 1. The van der Waals surface area contributed by atoms with Crippen LogP contribution in [-0.2, 0) is 17.8 Å². The van der Waals surface area contributed by atoms with E-state index in [-0.39, 0.29) is 11.2 Å². The van der Waals surface area contributed by atoms with E-state index < -0.39 is 0 Å². The molecule has 0 bridgehead atoms. The molecule has 0 spiro atoms. The van der Waals surface area contributed by atoms with Crippen molar-refractivity contribution in [2.24, 2.45) is 0 Å². The first kappa shape index (κ1) is 21.7. The van der Waals surface area contributed by atoms with Crippen molar-refractivity contribution in [1.29, 1.82) is 0 Å². The first-order valence-electron chi connectivity index (χ1n) is 10.5. The Hall–Kier alpha value is -2.57. The summed E-state index contributed by atoms with van der Waals surface area (Å²) < 4.78 is 12.6. The van der Waals surface area contributed by atoms with Crippen LogP contribution in [0.15, 0.2) is 60.7 Å². The van der Waals surface area contributed by atoms with E-state index in [4.69, 9.17) is 21.7 Å². The number of carbonyl (C=O) groups is 1. The molecule has 0 aliphatic carbocycles. The molecular formula is C25H25NO3S2. The minimum atomic E-state index is -0.175. The van der Waals surface area contributed by atoms with E-state index in [0.29, 0.717) is 42.0 Å². The average Bonchev–Trinajstić information content (AvgIpc) is 3.05. The summed E-state index contributed by atoms with van der Waals surface area (Å²) in [5, 5.41) is 2.24. The smallest absolute Gasteiger partial charge is 0.241 e. The molecule has 1 fully saturated rings. The molecule has 1 aliphatic rings. The second-order valence-electron chi connectivity index (χ2n) is 7.34. The Labute approximate surface area is 192 Å². The van der Waals surface area contributed by atoms with E-state index in [1.807, 2.05) is 44.2 Å². The molecule has 1 amide bonds. The van der Waals surface area contributed by atoms with Crippen LogP contribution >= 0.6 is 24.0 Å². The van der Waals surface area contributed by atoms with Gasteiger partial charge in [0.05, 0.1) is 11.9 Å². The summed E-state index contributed by atoms with van der Waals surface area (Å²) in [7, 11) is 0. The molecule has 0 N–H and O–H groups in total. The van der Waals surface area contributed by atoms with E-state index in [1.54, 1.807) is 4.90 Å². The lowest BCUT2D eigenvalue weighted by Crippen LogP contribution is -2.31. The molecule has 0 unspecified atom stereocenters. The Bertz CT molecular complexity index is 1110. The minimum absolute atomic E-state index is 0.0899. The van der Waals surface area contributed by atoms with Gasteiger partial charge in [-0.2, -0.15) is 0 Å². The fourth-order valence-electron chi connectivity index (χ4n) is 3.68. The van der Waals surface area contributed by atoms with Crippen molar-refractivity contribution in [2.45, 2.75) is 32.1 Å². The van der Waals surface area contributed by atoms with Crippen LogP contribution in [0.3, 0.4) is 0 Å². The van der Waals surface area contributed by atoms with Crippen molar-refractivity contribution in [3.63, 3.8) is 0 Å². The number of thiocarbonyl (C=S) groups is 1. The number of carbonyl (C=O) groups excluding carboxylic acids is 1. The molecule has 0 radical (unpaired) electrons. The summed E-state index contributed by atoms with van der Waals surface area (Å²) in [6.07, 6.45) is 0.616. The van der Waals surface area contributed by atoms with Gasteiger partial charge in [0.15, 0.2) is 11.5 Å². The highest BCUT2D eigenvalue weighted by Crippen LogP contribution is 2.34. The minimum Gasteiger partial charge on any atom is -0.490 e. The van der Waals surface area contributed by atoms with Crippen LogP contribution in [0.1, 0.15) is 25.0 Å². The average molecular weight is 452 g/mol. The topological polar surface area (TPSA) is 38.8 Å². The van der Waals surface area contributed by atoms with Gasteiger partial charge in [0, 0.05) is 6.54 Å². The van der Waals surface area contributed by atoms with Gasteiger partial charge >= 0.3 is 0 Å². The molecule has 4 nitrogen and oxygen atoms in total. The third-order valence-corrected chi connectivity index (χ3v) is 6.84. The first-order valence-corrected chi connectivity index (χ1v) is 11.8. The fourth-order valence-corrected chi connectivity index (χ4v) is 5.35. The van der Waals surface area contributed by atoms with E-state index in [9.17, 15) is 4.79 Å². The molecule has 1 aliphatic heterocycles. The van der Waals surface area contributed by atoms with Crippen LogP contribution in [0.5, 0.6) is 11.5 Å². The summed E-state index contributed by atoms with van der Waals surface area (Å²) in [6.45, 7) is 5.52. The van der Waals surface area contributed by atoms with Crippen LogP contribution in [0.25, 0.3) is 10.8 Å². The summed E-state index contributed by atoms with van der Waals surface area (Å²) in [6, 6.07) is 20.5. The maximum absolute atomic E-state index is 12.5. The Morgan fingerprint density at radius 1 is 0.935 bits per heavy atom. The standard InChI is InChI=1S/C25H25NO3S2/c1-3-26-24(27)23(31-25(26)30)15-17-10-12-21(22(14-17)28-4-2)29-16-18-9-11-19-7-5-6-8-20(19)13-18/h5-14,23H,3-4,15-16H2,1-2H3/t23-/m0/s1. The van der Waals surface area contributed by atoms with Crippen LogP contribution in [-0.4, -0.2) is 33.5 Å². The number of nitrogens with zero attached hydrogens (tertiary/aromatic N) is 1. The fraction of sp³-hybridized carbons (Fsp3) is 0.280. The molecule has 3 aromatic rings. The number of ether oxygens (including phenoxy) is 2. The van der Waals surface area contributed by atoms with Gasteiger partial charge < -0.3 is 9.47 Å². The zero-order chi connectivity index (χ0) is 21.8. The number of hydrogen-bond acceptors (Lipinski definition) is 5. The van der Waals surface area contributed by atoms with Gasteiger partial charge in [0.25, 0.3) is 0 Å². The number of hydrogen-bond donors (Lipinski definition) is 0. The molecule has 4 rings (SSSR count). The second-order valence-corrected chi connectivity index (χ2v) is 9.18. The molecule has 1 saturated heterocycles. The molecule has 160 valence electrons. The molecule has 0 saturated carbocycles. The van der Waals surface area contributed by atoms with Crippen molar-refractivity contribution in [1.82, 2.24) is 4.90 Å². The van der Waals surface area contributed by atoms with Crippen LogP contribution in [0, 0.1) is 0 Å². The molecule has 6 heteroatoms. The molecule has 3 aromatic carbocycles. The highest BCUT2D eigenvalue weighted by Gasteiger charge is 2.35. The van der Waals surface area contributed by atoms with Gasteiger partial charge in [-0.25, -0.2) is 0 Å². The number of rotatable bonds is 8.